The molecule has 0 radical (unpaired) electrons. The second-order valence-electron chi connectivity index (χ2n) is 3.63. The molecule has 1 aliphatic rings. The summed E-state index contributed by atoms with van der Waals surface area (Å²) in [5.41, 5.74) is 0. The average molecular weight is 242 g/mol. The van der Waals surface area contributed by atoms with E-state index in [-0.39, 0.29) is 17.7 Å². The van der Waals surface area contributed by atoms with E-state index >= 15 is 0 Å². The number of rotatable bonds is 7. The molecule has 0 aromatic carbocycles. The third-order valence-corrected chi connectivity index (χ3v) is 3.82. The van der Waals surface area contributed by atoms with Gasteiger partial charge in [0.25, 0.3) is 0 Å². The number of sulfonamides is 1. The van der Waals surface area contributed by atoms with E-state index in [1.165, 1.54) is 7.11 Å². The molecule has 0 aromatic rings. The summed E-state index contributed by atoms with van der Waals surface area (Å²) in [6.07, 6.45) is 2.06. The molecule has 1 aliphatic carbocycles. The van der Waals surface area contributed by atoms with Gasteiger partial charge in [-0.1, -0.05) is 0 Å². The summed E-state index contributed by atoms with van der Waals surface area (Å²) in [5, 5.41) is -0.297. The van der Waals surface area contributed by atoms with Crippen molar-refractivity contribution in [3.05, 3.63) is 0 Å². The quantitative estimate of drug-likeness (QED) is 0.663. The van der Waals surface area contributed by atoms with Crippen LogP contribution in [0.3, 0.4) is 0 Å². The van der Waals surface area contributed by atoms with Crippen molar-refractivity contribution in [1.29, 1.82) is 0 Å². The molecular weight excluding hydrogens is 226 g/mol. The first-order chi connectivity index (χ1) is 6.53. The molecule has 1 saturated carbocycles. The van der Waals surface area contributed by atoms with E-state index in [0.717, 1.165) is 12.8 Å². The molecule has 84 valence electrons. The van der Waals surface area contributed by atoms with Crippen molar-refractivity contribution in [3.8, 4) is 0 Å². The molecule has 1 rings (SSSR count). The first-order valence-electron chi connectivity index (χ1n) is 4.64. The number of hydrogen-bond donors (Lipinski definition) is 1. The van der Waals surface area contributed by atoms with E-state index in [0.29, 0.717) is 12.5 Å². The van der Waals surface area contributed by atoms with Gasteiger partial charge in [0.15, 0.2) is 0 Å². The minimum absolute atomic E-state index is 0.240. The van der Waals surface area contributed by atoms with E-state index in [9.17, 15) is 8.42 Å². The van der Waals surface area contributed by atoms with Crippen LogP contribution in [0, 0.1) is 5.92 Å². The molecule has 0 bridgehead atoms. The van der Waals surface area contributed by atoms with Crippen LogP contribution < -0.4 is 4.72 Å². The van der Waals surface area contributed by atoms with Crippen LogP contribution in [0.5, 0.6) is 0 Å². The second-order valence-corrected chi connectivity index (χ2v) is 6.09. The third-order valence-electron chi connectivity index (χ3n) is 2.02. The van der Waals surface area contributed by atoms with Crippen LogP contribution in [-0.2, 0) is 14.8 Å². The molecule has 0 aromatic heterocycles. The second kappa shape index (κ2) is 5.30. The van der Waals surface area contributed by atoms with Gasteiger partial charge >= 0.3 is 0 Å². The lowest BCUT2D eigenvalue weighted by Gasteiger charge is -2.09. The summed E-state index contributed by atoms with van der Waals surface area (Å²) in [7, 11) is -1.59. The van der Waals surface area contributed by atoms with Crippen molar-refractivity contribution in [1.82, 2.24) is 4.72 Å². The number of hydrogen-bond acceptors (Lipinski definition) is 3. The number of methoxy groups -OCH3 is 1. The number of nitrogens with one attached hydrogen (secondary N) is 1. The van der Waals surface area contributed by atoms with Gasteiger partial charge in [-0.25, -0.2) is 13.1 Å². The molecule has 0 aliphatic heterocycles. The smallest absolute Gasteiger partial charge is 0.211 e. The maximum Gasteiger partial charge on any atom is 0.211 e. The Hall–Kier alpha value is 0.160. The Kier molecular flexibility index (Phi) is 4.63. The molecule has 1 atom stereocenters. The first kappa shape index (κ1) is 12.2. The highest BCUT2D eigenvalue weighted by Crippen LogP contribution is 2.29. The van der Waals surface area contributed by atoms with Gasteiger partial charge in [-0.2, -0.15) is 0 Å². The van der Waals surface area contributed by atoms with Crippen LogP contribution in [0.4, 0.5) is 0 Å². The molecule has 0 heterocycles. The van der Waals surface area contributed by atoms with E-state index in [2.05, 4.69) is 4.72 Å². The lowest BCUT2D eigenvalue weighted by atomic mass is 10.5. The SMILES string of the molecule is COCC(Cl)CNS(=O)(=O)CC1CC1. The number of halogens is 1. The molecular formula is C8H16ClNO3S. The van der Waals surface area contributed by atoms with Gasteiger partial charge in [0.05, 0.1) is 17.7 Å². The van der Waals surface area contributed by atoms with Crippen molar-refractivity contribution >= 4 is 21.6 Å². The fourth-order valence-electron chi connectivity index (χ4n) is 1.11. The van der Waals surface area contributed by atoms with Gasteiger partial charge in [0.2, 0.25) is 10.0 Å². The van der Waals surface area contributed by atoms with Crippen molar-refractivity contribution < 1.29 is 13.2 Å². The van der Waals surface area contributed by atoms with E-state index in [1.54, 1.807) is 0 Å². The highest BCUT2D eigenvalue weighted by atomic mass is 35.5. The molecule has 1 N–H and O–H groups in total. The minimum Gasteiger partial charge on any atom is -0.383 e. The lowest BCUT2D eigenvalue weighted by molar-refractivity contribution is 0.198. The Morgan fingerprint density at radius 1 is 1.57 bits per heavy atom. The van der Waals surface area contributed by atoms with Gasteiger partial charge in [-0.15, -0.1) is 11.6 Å². The summed E-state index contributed by atoms with van der Waals surface area (Å²) in [6.45, 7) is 0.595. The largest absolute Gasteiger partial charge is 0.383 e. The molecule has 1 unspecified atom stereocenters. The van der Waals surface area contributed by atoms with Crippen LogP contribution in [0.15, 0.2) is 0 Å². The highest BCUT2D eigenvalue weighted by Gasteiger charge is 2.27. The van der Waals surface area contributed by atoms with Crippen molar-refractivity contribution in [2.24, 2.45) is 5.92 Å². The fraction of sp³-hybridized carbons (Fsp3) is 1.00. The normalized spacial score (nSPS) is 19.6. The molecule has 0 spiro atoms. The van der Waals surface area contributed by atoms with Gasteiger partial charge in [-0.3, -0.25) is 0 Å². The maximum atomic E-state index is 11.4. The number of ether oxygens (including phenoxy) is 1. The predicted molar refractivity (Wildman–Crippen MR) is 56.0 cm³/mol. The summed E-state index contributed by atoms with van der Waals surface area (Å²) >= 11 is 5.79. The summed E-state index contributed by atoms with van der Waals surface area (Å²) in [4.78, 5) is 0. The minimum atomic E-state index is -3.12. The van der Waals surface area contributed by atoms with Crippen LogP contribution >= 0.6 is 11.6 Å². The third kappa shape index (κ3) is 5.14. The Bertz CT molecular complexity index is 264. The van der Waals surface area contributed by atoms with Crippen LogP contribution in [0.25, 0.3) is 0 Å². The molecule has 14 heavy (non-hydrogen) atoms. The molecule has 4 nitrogen and oxygen atoms in total. The first-order valence-corrected chi connectivity index (χ1v) is 6.72. The molecule has 1 fully saturated rings. The maximum absolute atomic E-state index is 11.4. The fourth-order valence-corrected chi connectivity index (χ4v) is 2.93. The Morgan fingerprint density at radius 3 is 2.71 bits per heavy atom. The number of alkyl halides is 1. The zero-order chi connectivity index (χ0) is 10.6. The van der Waals surface area contributed by atoms with Crippen molar-refractivity contribution in [2.45, 2.75) is 18.2 Å². The molecule has 0 amide bonds. The van der Waals surface area contributed by atoms with E-state index < -0.39 is 10.0 Å². The molecule has 0 saturated heterocycles. The van der Waals surface area contributed by atoms with Gasteiger partial charge in [0.1, 0.15) is 0 Å². The van der Waals surface area contributed by atoms with Crippen LogP contribution in [0.1, 0.15) is 12.8 Å². The van der Waals surface area contributed by atoms with Gasteiger partial charge in [0, 0.05) is 13.7 Å². The Labute approximate surface area is 90.0 Å². The van der Waals surface area contributed by atoms with Crippen LogP contribution in [-0.4, -0.2) is 39.8 Å². The van der Waals surface area contributed by atoms with Crippen LogP contribution in [0.2, 0.25) is 0 Å². The van der Waals surface area contributed by atoms with Crippen molar-refractivity contribution in [2.75, 3.05) is 26.0 Å². The zero-order valence-corrected chi connectivity index (χ0v) is 9.77. The summed E-state index contributed by atoms with van der Waals surface area (Å²) < 4.78 is 30.0. The van der Waals surface area contributed by atoms with Gasteiger partial charge < -0.3 is 4.74 Å². The monoisotopic (exact) mass is 241 g/mol. The average Bonchev–Trinajstić information content (AvgIpc) is 2.85. The summed E-state index contributed by atoms with van der Waals surface area (Å²) in [6, 6.07) is 0. The Morgan fingerprint density at radius 2 is 2.21 bits per heavy atom. The summed E-state index contributed by atoms with van der Waals surface area (Å²) in [5.74, 6) is 0.604. The lowest BCUT2D eigenvalue weighted by Crippen LogP contribution is -2.33. The van der Waals surface area contributed by atoms with Gasteiger partial charge in [-0.05, 0) is 18.8 Å². The predicted octanol–water partition coefficient (Wildman–Crippen LogP) is 0.570. The highest BCUT2D eigenvalue weighted by molar-refractivity contribution is 7.89. The van der Waals surface area contributed by atoms with E-state index in [4.69, 9.17) is 16.3 Å². The van der Waals surface area contributed by atoms with E-state index in [1.807, 2.05) is 0 Å². The standard InChI is InChI=1S/C8H16ClNO3S/c1-13-5-8(9)4-10-14(11,12)6-7-2-3-7/h7-8,10H,2-6H2,1H3. The zero-order valence-electron chi connectivity index (χ0n) is 8.20. The molecule has 6 heteroatoms. The Balaban J connectivity index is 2.20. The van der Waals surface area contributed by atoms with Crippen molar-refractivity contribution in [3.63, 3.8) is 0 Å². The topological polar surface area (TPSA) is 55.4 Å².